The number of alkyl halides is 2. The molecule has 0 amide bonds. The van der Waals surface area contributed by atoms with Crippen LogP contribution in [0, 0.1) is 11.3 Å². The number of hydrogen-bond donors (Lipinski definition) is 1. The van der Waals surface area contributed by atoms with Gasteiger partial charge in [0.2, 0.25) is 0 Å². The maximum Gasteiger partial charge on any atom is 0.312 e. The van der Waals surface area contributed by atoms with Crippen molar-refractivity contribution in [3.63, 3.8) is 0 Å². The van der Waals surface area contributed by atoms with Gasteiger partial charge >= 0.3 is 5.97 Å². The Labute approximate surface area is 143 Å². The average molecular weight is 348 g/mol. The van der Waals surface area contributed by atoms with Gasteiger partial charge in [0.05, 0.1) is 13.0 Å². The molecule has 2 rings (SSSR count). The fraction of sp³-hybridized carbons (Fsp3) is 0.353. The van der Waals surface area contributed by atoms with Crippen molar-refractivity contribution in [1.29, 1.82) is 5.26 Å². The summed E-state index contributed by atoms with van der Waals surface area (Å²) in [4.78, 5) is 11.6. The first-order chi connectivity index (χ1) is 11.8. The Bertz CT molecular complexity index is 809. The second-order valence-corrected chi connectivity index (χ2v) is 5.61. The molecule has 2 unspecified atom stereocenters. The van der Waals surface area contributed by atoms with Crippen LogP contribution in [-0.2, 0) is 9.53 Å². The van der Waals surface area contributed by atoms with Crippen LogP contribution in [0.4, 0.5) is 14.6 Å². The maximum absolute atomic E-state index is 12.9. The standard InChI is InChI=1S/C17H18F2N4O2/c1-9(17(24)25-3)11-4-6-12(7-5-11)14-13(8-20)16(21)23(22-14)10(2)15(18)19/h4-7,9-10,15H,21H2,1-3H3. The van der Waals surface area contributed by atoms with Gasteiger partial charge in [-0.1, -0.05) is 24.3 Å². The SMILES string of the molecule is COC(=O)C(C)c1ccc(-c2nn(C(C)C(F)F)c(N)c2C#N)cc1. The van der Waals surface area contributed by atoms with E-state index in [4.69, 9.17) is 10.5 Å². The van der Waals surface area contributed by atoms with Crippen LogP contribution < -0.4 is 5.73 Å². The fourth-order valence-corrected chi connectivity index (χ4v) is 2.42. The molecule has 0 aliphatic carbocycles. The number of anilines is 1. The van der Waals surface area contributed by atoms with E-state index < -0.39 is 18.4 Å². The summed E-state index contributed by atoms with van der Waals surface area (Å²) < 4.78 is 31.6. The van der Waals surface area contributed by atoms with Gasteiger partial charge in [-0.2, -0.15) is 10.4 Å². The number of carbonyl (C=O) groups is 1. The second kappa shape index (κ2) is 7.30. The largest absolute Gasteiger partial charge is 0.469 e. The molecule has 0 fully saturated rings. The number of hydrogen-bond acceptors (Lipinski definition) is 5. The van der Waals surface area contributed by atoms with Crippen molar-refractivity contribution in [2.45, 2.75) is 32.2 Å². The van der Waals surface area contributed by atoms with Crippen LogP contribution in [0.1, 0.15) is 36.9 Å². The normalized spacial score (nSPS) is 13.3. The predicted molar refractivity (Wildman–Crippen MR) is 87.9 cm³/mol. The van der Waals surface area contributed by atoms with Crippen molar-refractivity contribution >= 4 is 11.8 Å². The molecular weight excluding hydrogens is 330 g/mol. The summed E-state index contributed by atoms with van der Waals surface area (Å²) >= 11 is 0. The quantitative estimate of drug-likeness (QED) is 0.838. The smallest absolute Gasteiger partial charge is 0.312 e. The van der Waals surface area contributed by atoms with Crippen molar-refractivity contribution < 1.29 is 18.3 Å². The minimum absolute atomic E-state index is 0.0428. The van der Waals surface area contributed by atoms with Crippen LogP contribution in [0.25, 0.3) is 11.3 Å². The Kier molecular flexibility index (Phi) is 5.37. The van der Waals surface area contributed by atoms with Crippen molar-refractivity contribution in [2.24, 2.45) is 0 Å². The van der Waals surface area contributed by atoms with Gasteiger partial charge < -0.3 is 10.5 Å². The lowest BCUT2D eigenvalue weighted by atomic mass is 9.98. The summed E-state index contributed by atoms with van der Waals surface area (Å²) in [5.41, 5.74) is 7.35. The lowest BCUT2D eigenvalue weighted by Gasteiger charge is -2.12. The molecule has 0 saturated carbocycles. The number of rotatable bonds is 5. The van der Waals surface area contributed by atoms with Crippen molar-refractivity contribution in [2.75, 3.05) is 12.8 Å². The number of nitriles is 1. The number of esters is 1. The van der Waals surface area contributed by atoms with Crippen molar-refractivity contribution in [3.8, 4) is 17.3 Å². The molecule has 2 aromatic rings. The third-order valence-electron chi connectivity index (χ3n) is 4.05. The summed E-state index contributed by atoms with van der Waals surface area (Å²) in [5.74, 6) is -0.919. The highest BCUT2D eigenvalue weighted by atomic mass is 19.3. The first kappa shape index (κ1) is 18.4. The molecular formula is C17H18F2N4O2. The maximum atomic E-state index is 12.9. The third-order valence-corrected chi connectivity index (χ3v) is 4.05. The molecule has 0 spiro atoms. The van der Waals surface area contributed by atoms with Crippen LogP contribution in [0.5, 0.6) is 0 Å². The fourth-order valence-electron chi connectivity index (χ4n) is 2.42. The van der Waals surface area contributed by atoms with Gasteiger partial charge in [0.1, 0.15) is 29.2 Å². The Morgan fingerprint density at radius 2 is 1.92 bits per heavy atom. The average Bonchev–Trinajstić information content (AvgIpc) is 2.96. The van der Waals surface area contributed by atoms with Crippen LogP contribution in [0.15, 0.2) is 24.3 Å². The highest BCUT2D eigenvalue weighted by Crippen LogP contribution is 2.31. The highest BCUT2D eigenvalue weighted by molar-refractivity contribution is 5.78. The van der Waals surface area contributed by atoms with E-state index in [0.717, 1.165) is 10.2 Å². The summed E-state index contributed by atoms with van der Waals surface area (Å²) in [6, 6.07) is 7.38. The van der Waals surface area contributed by atoms with E-state index in [1.807, 2.05) is 6.07 Å². The Morgan fingerprint density at radius 1 is 1.32 bits per heavy atom. The minimum atomic E-state index is -2.66. The predicted octanol–water partition coefficient (Wildman–Crippen LogP) is 3.11. The van der Waals surface area contributed by atoms with Gasteiger partial charge in [-0.25, -0.2) is 13.5 Å². The Morgan fingerprint density at radius 3 is 2.40 bits per heavy atom. The number of nitrogens with zero attached hydrogens (tertiary/aromatic N) is 3. The number of halogens is 2. The number of methoxy groups -OCH3 is 1. The van der Waals surface area contributed by atoms with E-state index in [-0.39, 0.29) is 23.0 Å². The zero-order chi connectivity index (χ0) is 18.7. The Balaban J connectivity index is 2.44. The van der Waals surface area contributed by atoms with Gasteiger partial charge in [0, 0.05) is 5.56 Å². The van der Waals surface area contributed by atoms with Crippen molar-refractivity contribution in [3.05, 3.63) is 35.4 Å². The van der Waals surface area contributed by atoms with Gasteiger partial charge in [-0.05, 0) is 19.4 Å². The van der Waals surface area contributed by atoms with E-state index in [0.29, 0.717) is 5.56 Å². The summed E-state index contributed by atoms with van der Waals surface area (Å²) in [7, 11) is 1.31. The van der Waals surface area contributed by atoms with Gasteiger partial charge in [-0.3, -0.25) is 4.79 Å². The van der Waals surface area contributed by atoms with E-state index in [1.165, 1.54) is 14.0 Å². The first-order valence-corrected chi connectivity index (χ1v) is 7.56. The van der Waals surface area contributed by atoms with Crippen LogP contribution in [0.3, 0.4) is 0 Å². The molecule has 6 nitrogen and oxygen atoms in total. The molecule has 2 atom stereocenters. The zero-order valence-electron chi connectivity index (χ0n) is 14.0. The summed E-state index contributed by atoms with van der Waals surface area (Å²) in [6.45, 7) is 2.98. The lowest BCUT2D eigenvalue weighted by molar-refractivity contribution is -0.141. The van der Waals surface area contributed by atoms with Gasteiger partial charge in [0.25, 0.3) is 6.43 Å². The number of nitrogens with two attached hydrogens (primary N) is 1. The monoisotopic (exact) mass is 348 g/mol. The number of aromatic nitrogens is 2. The van der Waals surface area contributed by atoms with E-state index in [1.54, 1.807) is 31.2 Å². The summed E-state index contributed by atoms with van der Waals surface area (Å²) in [6.07, 6.45) is -2.66. The topological polar surface area (TPSA) is 93.9 Å². The molecule has 1 heterocycles. The van der Waals surface area contributed by atoms with Crippen LogP contribution in [0.2, 0.25) is 0 Å². The van der Waals surface area contributed by atoms with Crippen LogP contribution in [-0.4, -0.2) is 29.3 Å². The van der Waals surface area contributed by atoms with Crippen molar-refractivity contribution in [1.82, 2.24) is 9.78 Å². The lowest BCUT2D eigenvalue weighted by Crippen LogP contribution is -2.17. The molecule has 25 heavy (non-hydrogen) atoms. The molecule has 0 aliphatic rings. The minimum Gasteiger partial charge on any atom is -0.469 e. The second-order valence-electron chi connectivity index (χ2n) is 5.61. The molecule has 8 heteroatoms. The molecule has 0 saturated heterocycles. The van der Waals surface area contributed by atoms with Gasteiger partial charge in [-0.15, -0.1) is 0 Å². The third kappa shape index (κ3) is 3.45. The first-order valence-electron chi connectivity index (χ1n) is 7.56. The molecule has 2 N–H and O–H groups in total. The summed E-state index contributed by atoms with van der Waals surface area (Å²) in [5, 5.41) is 13.4. The number of carbonyl (C=O) groups excluding carboxylic acids is 1. The zero-order valence-corrected chi connectivity index (χ0v) is 14.0. The number of ether oxygens (including phenoxy) is 1. The molecule has 0 bridgehead atoms. The molecule has 0 radical (unpaired) electrons. The highest BCUT2D eigenvalue weighted by Gasteiger charge is 2.25. The number of nitrogen functional groups attached to an aromatic ring is 1. The Hall–Kier alpha value is -2.95. The van der Waals surface area contributed by atoms with E-state index >= 15 is 0 Å². The number of benzene rings is 1. The molecule has 0 aliphatic heterocycles. The van der Waals surface area contributed by atoms with Crippen LogP contribution >= 0.6 is 0 Å². The molecule has 132 valence electrons. The van der Waals surface area contributed by atoms with Gasteiger partial charge in [0.15, 0.2) is 0 Å². The van der Waals surface area contributed by atoms with E-state index in [9.17, 15) is 18.8 Å². The van der Waals surface area contributed by atoms with E-state index in [2.05, 4.69) is 5.10 Å². The molecule has 1 aromatic carbocycles. The molecule has 1 aromatic heterocycles.